The van der Waals surface area contributed by atoms with Crippen molar-refractivity contribution < 1.29 is 23.8 Å². The van der Waals surface area contributed by atoms with Crippen molar-refractivity contribution in [2.24, 2.45) is 0 Å². The number of carbonyl (C=O) groups excluding carboxylic acids is 2. The molecule has 0 saturated heterocycles. The number of methoxy groups -OCH3 is 1. The van der Waals surface area contributed by atoms with E-state index in [1.54, 1.807) is 31.4 Å². The molecule has 2 aromatic rings. The maximum atomic E-state index is 12.1. The van der Waals surface area contributed by atoms with Crippen LogP contribution in [0.2, 0.25) is 0 Å². The van der Waals surface area contributed by atoms with Crippen molar-refractivity contribution in [2.75, 3.05) is 25.6 Å². The predicted molar refractivity (Wildman–Crippen MR) is 103 cm³/mol. The number of amides is 1. The van der Waals surface area contributed by atoms with Crippen LogP contribution in [-0.2, 0) is 14.3 Å². The quantitative estimate of drug-likeness (QED) is 0.717. The average Bonchev–Trinajstić information content (AvgIpc) is 2.66. The molecule has 2 aromatic carbocycles. The first-order valence-corrected chi connectivity index (χ1v) is 8.72. The summed E-state index contributed by atoms with van der Waals surface area (Å²) in [7, 11) is 1.57. The van der Waals surface area contributed by atoms with E-state index in [0.29, 0.717) is 11.5 Å². The summed E-state index contributed by atoms with van der Waals surface area (Å²) in [5, 5.41) is 2.83. The first kappa shape index (κ1) is 20.3. The van der Waals surface area contributed by atoms with E-state index in [1.165, 1.54) is 0 Å². The van der Waals surface area contributed by atoms with Crippen molar-refractivity contribution >= 4 is 17.6 Å². The van der Waals surface area contributed by atoms with E-state index in [0.717, 1.165) is 16.8 Å². The first-order valence-electron chi connectivity index (χ1n) is 8.72. The van der Waals surface area contributed by atoms with Crippen molar-refractivity contribution in [1.82, 2.24) is 0 Å². The highest BCUT2D eigenvalue weighted by molar-refractivity contribution is 5.94. The van der Waals surface area contributed by atoms with Crippen LogP contribution in [0.4, 0.5) is 5.69 Å². The van der Waals surface area contributed by atoms with Gasteiger partial charge in [0.1, 0.15) is 11.5 Å². The second-order valence-corrected chi connectivity index (χ2v) is 6.37. The van der Waals surface area contributed by atoms with E-state index >= 15 is 0 Å². The molecule has 0 bridgehead atoms. The van der Waals surface area contributed by atoms with E-state index in [9.17, 15) is 9.59 Å². The predicted octanol–water partition coefficient (Wildman–Crippen LogP) is 3.69. The highest BCUT2D eigenvalue weighted by atomic mass is 16.6. The number of esters is 1. The molecule has 0 atom stereocenters. The number of carbonyl (C=O) groups is 2. The molecule has 1 amide bonds. The molecule has 1 N–H and O–H groups in total. The van der Waals surface area contributed by atoms with Crippen LogP contribution in [0, 0.1) is 6.92 Å². The average molecular weight is 371 g/mol. The molecule has 0 aliphatic rings. The molecule has 2 rings (SSSR count). The lowest BCUT2D eigenvalue weighted by molar-refractivity contribution is -0.149. The third-order valence-corrected chi connectivity index (χ3v) is 3.97. The Bertz CT molecular complexity index is 784. The smallest absolute Gasteiger partial charge is 0.344 e. The standard InChI is InChI=1S/C21H25NO5/c1-14(2)18-7-5-6-15(3)21(18)22-19(23)12-27-20(24)13-26-17-10-8-16(25-4)9-11-17/h5-11,14H,12-13H2,1-4H3,(H,22,23). The van der Waals surface area contributed by atoms with E-state index in [1.807, 2.05) is 25.1 Å². The zero-order chi connectivity index (χ0) is 19.8. The van der Waals surface area contributed by atoms with Gasteiger partial charge in [0, 0.05) is 5.69 Å². The first-order chi connectivity index (χ1) is 12.9. The van der Waals surface area contributed by atoms with Crippen LogP contribution >= 0.6 is 0 Å². The van der Waals surface area contributed by atoms with Crippen LogP contribution in [0.15, 0.2) is 42.5 Å². The third kappa shape index (κ3) is 6.02. The summed E-state index contributed by atoms with van der Waals surface area (Å²) in [6.45, 7) is 5.40. The number of aryl methyl sites for hydroxylation is 1. The number of hydrogen-bond donors (Lipinski definition) is 1. The van der Waals surface area contributed by atoms with Crippen LogP contribution in [-0.4, -0.2) is 32.2 Å². The van der Waals surface area contributed by atoms with E-state index < -0.39 is 5.97 Å². The van der Waals surface area contributed by atoms with Crippen molar-refractivity contribution in [3.63, 3.8) is 0 Å². The van der Waals surface area contributed by atoms with Gasteiger partial charge in [-0.2, -0.15) is 0 Å². The maximum absolute atomic E-state index is 12.1. The molecule has 0 heterocycles. The van der Waals surface area contributed by atoms with Gasteiger partial charge >= 0.3 is 5.97 Å². The molecular weight excluding hydrogens is 346 g/mol. The minimum absolute atomic E-state index is 0.264. The Morgan fingerprint density at radius 2 is 1.67 bits per heavy atom. The van der Waals surface area contributed by atoms with Gasteiger partial charge in [0.25, 0.3) is 5.91 Å². The summed E-state index contributed by atoms with van der Waals surface area (Å²) in [5.41, 5.74) is 2.77. The van der Waals surface area contributed by atoms with Gasteiger partial charge in [0.15, 0.2) is 13.2 Å². The molecule has 6 heteroatoms. The van der Waals surface area contributed by atoms with Crippen LogP contribution in [0.25, 0.3) is 0 Å². The molecule has 27 heavy (non-hydrogen) atoms. The van der Waals surface area contributed by atoms with Gasteiger partial charge in [-0.3, -0.25) is 4.79 Å². The number of hydrogen-bond acceptors (Lipinski definition) is 5. The fourth-order valence-corrected chi connectivity index (χ4v) is 2.52. The topological polar surface area (TPSA) is 73.9 Å². The molecule has 0 unspecified atom stereocenters. The van der Waals surface area contributed by atoms with Crippen LogP contribution in [0.5, 0.6) is 11.5 Å². The van der Waals surface area contributed by atoms with Crippen molar-refractivity contribution in [3.05, 3.63) is 53.6 Å². The molecule has 0 spiro atoms. The Labute approximate surface area is 159 Å². The fourth-order valence-electron chi connectivity index (χ4n) is 2.52. The highest BCUT2D eigenvalue weighted by Crippen LogP contribution is 2.27. The minimum atomic E-state index is -0.616. The van der Waals surface area contributed by atoms with E-state index in [4.69, 9.17) is 14.2 Å². The summed E-state index contributed by atoms with van der Waals surface area (Å²) < 4.78 is 15.4. The lowest BCUT2D eigenvalue weighted by Gasteiger charge is -2.16. The molecule has 0 aliphatic heterocycles. The number of benzene rings is 2. The Kier molecular flexibility index (Phi) is 7.23. The Hall–Kier alpha value is -3.02. The summed E-state index contributed by atoms with van der Waals surface area (Å²) in [4.78, 5) is 23.9. The number of anilines is 1. The molecule has 0 aliphatic carbocycles. The summed E-state index contributed by atoms with van der Waals surface area (Å²) in [6.07, 6.45) is 0. The molecule has 0 fully saturated rings. The molecule has 0 saturated carbocycles. The molecule has 144 valence electrons. The lowest BCUT2D eigenvalue weighted by atomic mass is 9.98. The Morgan fingerprint density at radius 3 is 2.30 bits per heavy atom. The SMILES string of the molecule is COc1ccc(OCC(=O)OCC(=O)Nc2c(C)cccc2C(C)C)cc1. The van der Waals surface area contributed by atoms with E-state index in [-0.39, 0.29) is 25.0 Å². The summed E-state index contributed by atoms with van der Waals surface area (Å²) >= 11 is 0. The van der Waals surface area contributed by atoms with Crippen LogP contribution in [0.1, 0.15) is 30.9 Å². The van der Waals surface area contributed by atoms with Crippen LogP contribution in [0.3, 0.4) is 0 Å². The molecule has 0 aromatic heterocycles. The summed E-state index contributed by atoms with van der Waals surface area (Å²) in [5.74, 6) is 0.469. The van der Waals surface area contributed by atoms with Crippen molar-refractivity contribution in [1.29, 1.82) is 0 Å². The number of para-hydroxylation sites is 1. The van der Waals surface area contributed by atoms with Gasteiger partial charge in [-0.25, -0.2) is 4.79 Å². The largest absolute Gasteiger partial charge is 0.497 e. The highest BCUT2D eigenvalue weighted by Gasteiger charge is 2.14. The van der Waals surface area contributed by atoms with Gasteiger partial charge in [-0.1, -0.05) is 32.0 Å². The number of rotatable bonds is 8. The summed E-state index contributed by atoms with van der Waals surface area (Å²) in [6, 6.07) is 12.7. The van der Waals surface area contributed by atoms with Gasteiger partial charge < -0.3 is 19.5 Å². The second kappa shape index (κ2) is 9.62. The van der Waals surface area contributed by atoms with Crippen molar-refractivity contribution in [2.45, 2.75) is 26.7 Å². The third-order valence-electron chi connectivity index (χ3n) is 3.97. The minimum Gasteiger partial charge on any atom is -0.497 e. The Morgan fingerprint density at radius 1 is 1.00 bits per heavy atom. The monoisotopic (exact) mass is 371 g/mol. The molecule has 0 radical (unpaired) electrons. The zero-order valence-electron chi connectivity index (χ0n) is 16.1. The number of nitrogens with one attached hydrogen (secondary N) is 1. The fraction of sp³-hybridized carbons (Fsp3) is 0.333. The Balaban J connectivity index is 1.82. The zero-order valence-corrected chi connectivity index (χ0v) is 16.1. The van der Waals surface area contributed by atoms with Gasteiger partial charge in [-0.05, 0) is 48.2 Å². The molecule has 6 nitrogen and oxygen atoms in total. The van der Waals surface area contributed by atoms with Crippen molar-refractivity contribution in [3.8, 4) is 11.5 Å². The molecular formula is C21H25NO5. The second-order valence-electron chi connectivity index (χ2n) is 6.37. The van der Waals surface area contributed by atoms with Crippen LogP contribution < -0.4 is 14.8 Å². The maximum Gasteiger partial charge on any atom is 0.344 e. The van der Waals surface area contributed by atoms with E-state index in [2.05, 4.69) is 19.2 Å². The van der Waals surface area contributed by atoms with Gasteiger partial charge in [0.05, 0.1) is 7.11 Å². The van der Waals surface area contributed by atoms with Gasteiger partial charge in [-0.15, -0.1) is 0 Å². The number of ether oxygens (including phenoxy) is 3. The normalized spacial score (nSPS) is 10.4. The van der Waals surface area contributed by atoms with Gasteiger partial charge in [0.2, 0.25) is 0 Å². The lowest BCUT2D eigenvalue weighted by Crippen LogP contribution is -2.24.